The van der Waals surface area contributed by atoms with E-state index < -0.39 is 18.1 Å². The highest BCUT2D eigenvalue weighted by Crippen LogP contribution is 2.15. The Morgan fingerprint density at radius 3 is 2.47 bits per heavy atom. The quantitative estimate of drug-likeness (QED) is 0.807. The minimum Gasteiger partial charge on any atom is -0.480 e. The number of hydrogen-bond donors (Lipinski definition) is 2. The van der Waals surface area contributed by atoms with Crippen molar-refractivity contribution in [2.45, 2.75) is 32.7 Å². The smallest absolute Gasteiger partial charge is 0.408 e. The van der Waals surface area contributed by atoms with Crippen molar-refractivity contribution in [1.29, 1.82) is 0 Å². The van der Waals surface area contributed by atoms with E-state index in [0.717, 1.165) is 9.78 Å². The van der Waals surface area contributed by atoms with Gasteiger partial charge in [0.05, 0.1) is 0 Å². The third kappa shape index (κ3) is 4.90. The summed E-state index contributed by atoms with van der Waals surface area (Å²) < 4.78 is 0. The molecule has 1 aromatic rings. The zero-order chi connectivity index (χ0) is 14.4. The summed E-state index contributed by atoms with van der Waals surface area (Å²) >= 11 is 1.54. The van der Waals surface area contributed by atoms with Crippen LogP contribution in [0.3, 0.4) is 0 Å². The second-order valence-electron chi connectivity index (χ2n) is 4.79. The number of carboxylic acids is 1. The number of aliphatic carboxylic acids is 1. The molecule has 5 nitrogen and oxygen atoms in total. The lowest BCUT2D eigenvalue weighted by Crippen LogP contribution is -2.46. The Kier molecular flexibility index (Phi) is 5.82. The molecule has 0 aliphatic rings. The molecule has 1 aromatic heterocycles. The van der Waals surface area contributed by atoms with Crippen molar-refractivity contribution in [3.05, 3.63) is 22.4 Å². The molecule has 1 heterocycles. The van der Waals surface area contributed by atoms with E-state index >= 15 is 0 Å². The van der Waals surface area contributed by atoms with Gasteiger partial charge in [0.1, 0.15) is 6.04 Å². The topological polar surface area (TPSA) is 77.8 Å². The van der Waals surface area contributed by atoms with Gasteiger partial charge in [0, 0.05) is 11.4 Å². The molecule has 106 valence electrons. The first-order valence-corrected chi connectivity index (χ1v) is 7.04. The number of carbonyl (C=O) groups is 2. The first-order valence-electron chi connectivity index (χ1n) is 6.16. The van der Waals surface area contributed by atoms with Gasteiger partial charge >= 0.3 is 12.1 Å². The Balaban J connectivity index is 2.73. The number of amides is 1. The lowest BCUT2D eigenvalue weighted by Gasteiger charge is -2.27. The maximum absolute atomic E-state index is 11.3. The largest absolute Gasteiger partial charge is 0.480 e. The maximum Gasteiger partial charge on any atom is 0.408 e. The van der Waals surface area contributed by atoms with Crippen molar-refractivity contribution in [2.75, 3.05) is 6.54 Å². The van der Waals surface area contributed by atoms with Crippen molar-refractivity contribution < 1.29 is 19.8 Å². The number of thiophene rings is 1. The van der Waals surface area contributed by atoms with Crippen molar-refractivity contribution >= 4 is 23.4 Å². The minimum atomic E-state index is -1.18. The Labute approximate surface area is 116 Å². The van der Waals surface area contributed by atoms with Crippen LogP contribution in [0.25, 0.3) is 0 Å². The molecule has 1 amide bonds. The molecule has 0 aliphatic heterocycles. The van der Waals surface area contributed by atoms with Crippen LogP contribution >= 0.6 is 11.3 Å². The van der Waals surface area contributed by atoms with Crippen molar-refractivity contribution in [2.24, 2.45) is 5.92 Å². The molecule has 0 aromatic carbocycles. The summed E-state index contributed by atoms with van der Waals surface area (Å²) in [5, 5.41) is 20.3. The second-order valence-corrected chi connectivity index (χ2v) is 5.82. The van der Waals surface area contributed by atoms with Crippen LogP contribution in [0, 0.1) is 5.92 Å². The summed E-state index contributed by atoms with van der Waals surface area (Å²) in [7, 11) is 0. The highest BCUT2D eigenvalue weighted by atomic mass is 32.1. The first kappa shape index (κ1) is 15.5. The summed E-state index contributed by atoms with van der Waals surface area (Å²) in [5.41, 5.74) is 0. The molecule has 0 saturated heterocycles. The fourth-order valence-electron chi connectivity index (χ4n) is 1.88. The summed E-state index contributed by atoms with van der Waals surface area (Å²) in [6.45, 7) is 3.98. The molecule has 0 aliphatic carbocycles. The Morgan fingerprint density at radius 1 is 1.37 bits per heavy atom. The molecule has 1 atom stereocenters. The van der Waals surface area contributed by atoms with Gasteiger partial charge in [0.15, 0.2) is 0 Å². The van der Waals surface area contributed by atoms with Crippen molar-refractivity contribution in [3.8, 4) is 0 Å². The van der Waals surface area contributed by atoms with E-state index in [4.69, 9.17) is 0 Å². The highest BCUT2D eigenvalue weighted by molar-refractivity contribution is 7.09. The molecule has 2 N–H and O–H groups in total. The van der Waals surface area contributed by atoms with Gasteiger partial charge in [-0.05, 0) is 30.2 Å². The van der Waals surface area contributed by atoms with Crippen molar-refractivity contribution in [3.63, 3.8) is 0 Å². The lowest BCUT2D eigenvalue weighted by molar-refractivity contribution is -0.143. The predicted octanol–water partition coefficient (Wildman–Crippen LogP) is 2.77. The van der Waals surface area contributed by atoms with Crippen molar-refractivity contribution in [1.82, 2.24) is 4.90 Å². The van der Waals surface area contributed by atoms with Gasteiger partial charge in [-0.3, -0.25) is 4.90 Å². The molecule has 0 saturated carbocycles. The first-order chi connectivity index (χ1) is 8.91. The third-order valence-electron chi connectivity index (χ3n) is 2.78. The minimum absolute atomic E-state index is 0.129. The van der Waals surface area contributed by atoms with Crippen LogP contribution in [0.5, 0.6) is 0 Å². The van der Waals surface area contributed by atoms with E-state index in [-0.39, 0.29) is 12.5 Å². The molecule has 1 unspecified atom stereocenters. The van der Waals surface area contributed by atoms with Crippen LogP contribution in [0.15, 0.2) is 17.5 Å². The molecule has 6 heteroatoms. The standard InChI is InChI=1S/C13H19NO4S/c1-9(2)8-11(12(15)16)14(13(17)18)6-5-10-4-3-7-19-10/h3-4,7,9,11H,5-6,8H2,1-2H3,(H,15,16)(H,17,18). The number of nitrogens with zero attached hydrogens (tertiary/aromatic N) is 1. The molecule has 0 radical (unpaired) electrons. The van der Waals surface area contributed by atoms with Crippen LogP contribution < -0.4 is 0 Å². The van der Waals surface area contributed by atoms with Crippen LogP contribution in [-0.2, 0) is 11.2 Å². The van der Waals surface area contributed by atoms with Crippen LogP contribution in [0.2, 0.25) is 0 Å². The molecular formula is C13H19NO4S. The Hall–Kier alpha value is -1.56. The van der Waals surface area contributed by atoms with E-state index in [1.54, 1.807) is 11.3 Å². The van der Waals surface area contributed by atoms with Gasteiger partial charge in [-0.2, -0.15) is 0 Å². The monoisotopic (exact) mass is 285 g/mol. The van der Waals surface area contributed by atoms with Crippen LogP contribution in [0.1, 0.15) is 25.1 Å². The maximum atomic E-state index is 11.3. The molecule has 1 rings (SSSR count). The van der Waals surface area contributed by atoms with Gasteiger partial charge < -0.3 is 10.2 Å². The predicted molar refractivity (Wildman–Crippen MR) is 73.6 cm³/mol. The Morgan fingerprint density at radius 2 is 2.05 bits per heavy atom. The summed E-state index contributed by atoms with van der Waals surface area (Å²) in [5.74, 6) is -0.952. The zero-order valence-electron chi connectivity index (χ0n) is 11.1. The normalized spacial score (nSPS) is 12.4. The van der Waals surface area contributed by atoms with E-state index in [2.05, 4.69) is 0 Å². The fourth-order valence-corrected chi connectivity index (χ4v) is 2.58. The van der Waals surface area contributed by atoms with E-state index in [9.17, 15) is 19.8 Å². The van der Waals surface area contributed by atoms with E-state index in [0.29, 0.717) is 12.8 Å². The van der Waals surface area contributed by atoms with Gasteiger partial charge in [0.25, 0.3) is 0 Å². The van der Waals surface area contributed by atoms with E-state index in [1.807, 2.05) is 31.4 Å². The van der Waals surface area contributed by atoms with Crippen LogP contribution in [0.4, 0.5) is 4.79 Å². The lowest BCUT2D eigenvalue weighted by atomic mass is 10.0. The third-order valence-corrected chi connectivity index (χ3v) is 3.72. The summed E-state index contributed by atoms with van der Waals surface area (Å²) in [6, 6.07) is 2.84. The van der Waals surface area contributed by atoms with E-state index in [1.165, 1.54) is 0 Å². The van der Waals surface area contributed by atoms with Gasteiger partial charge in [-0.25, -0.2) is 9.59 Å². The SMILES string of the molecule is CC(C)CC(C(=O)O)N(CCc1cccs1)C(=O)O. The summed E-state index contributed by atoms with van der Waals surface area (Å²) in [6.07, 6.45) is -0.303. The summed E-state index contributed by atoms with van der Waals surface area (Å²) in [4.78, 5) is 24.6. The average Bonchev–Trinajstić information content (AvgIpc) is 2.79. The number of carboxylic acid groups (broad SMARTS) is 2. The van der Waals surface area contributed by atoms with Gasteiger partial charge in [-0.1, -0.05) is 19.9 Å². The molecule has 0 fully saturated rings. The Bertz CT molecular complexity index is 416. The highest BCUT2D eigenvalue weighted by Gasteiger charge is 2.29. The molecule has 19 heavy (non-hydrogen) atoms. The zero-order valence-corrected chi connectivity index (χ0v) is 11.9. The molecule has 0 spiro atoms. The fraction of sp³-hybridized carbons (Fsp3) is 0.538. The second kappa shape index (κ2) is 7.13. The number of rotatable bonds is 7. The van der Waals surface area contributed by atoms with Crippen LogP contribution in [-0.4, -0.2) is 39.8 Å². The molecular weight excluding hydrogens is 266 g/mol. The van der Waals surface area contributed by atoms with Gasteiger partial charge in [-0.15, -0.1) is 11.3 Å². The number of hydrogen-bond acceptors (Lipinski definition) is 3. The van der Waals surface area contributed by atoms with Gasteiger partial charge in [0.2, 0.25) is 0 Å². The molecule has 0 bridgehead atoms. The average molecular weight is 285 g/mol.